The third kappa shape index (κ3) is 2.73. The largest absolute Gasteiger partial charge is 0.375 e. The standard InChI is InChI=1S/C15H28N2O/c1-15(6-8-16-9-7-15)12-17-10-11-18-14-5-3-2-4-13(14)17/h13-14,16H,2-12H2,1H3. The molecule has 2 aliphatic heterocycles. The second kappa shape index (κ2) is 5.48. The molecule has 104 valence electrons. The third-order valence-electron chi connectivity index (χ3n) is 5.24. The van der Waals surface area contributed by atoms with Gasteiger partial charge in [-0.05, 0) is 44.2 Å². The summed E-state index contributed by atoms with van der Waals surface area (Å²) in [5.41, 5.74) is 0.532. The average Bonchev–Trinajstić information content (AvgIpc) is 2.40. The second-order valence-electron chi connectivity index (χ2n) is 6.79. The van der Waals surface area contributed by atoms with Crippen LogP contribution in [0.3, 0.4) is 0 Å². The monoisotopic (exact) mass is 252 g/mol. The van der Waals surface area contributed by atoms with Crippen molar-refractivity contribution in [3.8, 4) is 0 Å². The SMILES string of the molecule is CC1(CN2CCOC3CCCCC32)CCNCC1. The maximum absolute atomic E-state index is 5.98. The Hall–Kier alpha value is -0.120. The van der Waals surface area contributed by atoms with Gasteiger partial charge in [0.2, 0.25) is 0 Å². The van der Waals surface area contributed by atoms with Crippen LogP contribution in [0.25, 0.3) is 0 Å². The zero-order chi connectivity index (χ0) is 12.4. The minimum Gasteiger partial charge on any atom is -0.375 e. The van der Waals surface area contributed by atoms with Crippen LogP contribution in [0.2, 0.25) is 0 Å². The van der Waals surface area contributed by atoms with E-state index in [1.165, 1.54) is 58.2 Å². The molecule has 0 aromatic rings. The van der Waals surface area contributed by atoms with Crippen LogP contribution in [0.15, 0.2) is 0 Å². The van der Waals surface area contributed by atoms with E-state index in [9.17, 15) is 0 Å². The lowest BCUT2D eigenvalue weighted by Gasteiger charge is -2.48. The van der Waals surface area contributed by atoms with E-state index in [0.29, 0.717) is 11.5 Å². The fraction of sp³-hybridized carbons (Fsp3) is 1.00. The molecule has 1 saturated carbocycles. The van der Waals surface area contributed by atoms with Crippen molar-refractivity contribution in [2.45, 2.75) is 57.6 Å². The lowest BCUT2D eigenvalue weighted by atomic mass is 9.79. The van der Waals surface area contributed by atoms with Crippen LogP contribution in [0, 0.1) is 5.41 Å². The van der Waals surface area contributed by atoms with Gasteiger partial charge in [-0.25, -0.2) is 0 Å². The summed E-state index contributed by atoms with van der Waals surface area (Å²) in [6.07, 6.45) is 8.63. The summed E-state index contributed by atoms with van der Waals surface area (Å²) in [5.74, 6) is 0. The van der Waals surface area contributed by atoms with E-state index in [2.05, 4.69) is 17.1 Å². The zero-order valence-electron chi connectivity index (χ0n) is 11.8. The Kier molecular flexibility index (Phi) is 3.92. The zero-order valence-corrected chi connectivity index (χ0v) is 11.8. The normalized spacial score (nSPS) is 37.2. The summed E-state index contributed by atoms with van der Waals surface area (Å²) in [6, 6.07) is 0.721. The lowest BCUT2D eigenvalue weighted by Crippen LogP contribution is -2.56. The number of hydrogen-bond acceptors (Lipinski definition) is 3. The minimum atomic E-state index is 0.532. The smallest absolute Gasteiger partial charge is 0.0730 e. The number of fused-ring (bicyclic) bond motifs is 1. The molecular weight excluding hydrogens is 224 g/mol. The number of ether oxygens (including phenoxy) is 1. The molecule has 3 rings (SSSR count). The van der Waals surface area contributed by atoms with Crippen molar-refractivity contribution < 1.29 is 4.74 Å². The van der Waals surface area contributed by atoms with Crippen LogP contribution >= 0.6 is 0 Å². The van der Waals surface area contributed by atoms with Crippen molar-refractivity contribution in [3.63, 3.8) is 0 Å². The van der Waals surface area contributed by atoms with E-state index < -0.39 is 0 Å². The van der Waals surface area contributed by atoms with Crippen LogP contribution in [0.4, 0.5) is 0 Å². The predicted molar refractivity (Wildman–Crippen MR) is 73.8 cm³/mol. The summed E-state index contributed by atoms with van der Waals surface area (Å²) in [4.78, 5) is 2.76. The van der Waals surface area contributed by atoms with Gasteiger partial charge in [0.15, 0.2) is 0 Å². The van der Waals surface area contributed by atoms with Crippen molar-refractivity contribution >= 4 is 0 Å². The van der Waals surface area contributed by atoms with Crippen molar-refractivity contribution in [3.05, 3.63) is 0 Å². The summed E-state index contributed by atoms with van der Waals surface area (Å²) in [5, 5.41) is 3.49. The number of rotatable bonds is 2. The summed E-state index contributed by atoms with van der Waals surface area (Å²) in [7, 11) is 0. The molecular formula is C15H28N2O. The van der Waals surface area contributed by atoms with Crippen LogP contribution in [0.5, 0.6) is 0 Å². The van der Waals surface area contributed by atoms with Crippen LogP contribution < -0.4 is 5.32 Å². The molecule has 3 heteroatoms. The highest BCUT2D eigenvalue weighted by molar-refractivity contribution is 4.91. The molecule has 0 radical (unpaired) electrons. The van der Waals surface area contributed by atoms with Gasteiger partial charge in [0.1, 0.15) is 0 Å². The molecule has 0 bridgehead atoms. The Bertz CT molecular complexity index is 274. The van der Waals surface area contributed by atoms with Crippen molar-refractivity contribution in [2.24, 2.45) is 5.41 Å². The van der Waals surface area contributed by atoms with E-state index >= 15 is 0 Å². The molecule has 3 fully saturated rings. The van der Waals surface area contributed by atoms with E-state index in [0.717, 1.165) is 19.2 Å². The molecule has 0 aromatic heterocycles. The van der Waals surface area contributed by atoms with Crippen LogP contribution in [0.1, 0.15) is 45.4 Å². The molecule has 2 saturated heterocycles. The first-order chi connectivity index (χ1) is 8.77. The highest BCUT2D eigenvalue weighted by Crippen LogP contribution is 2.34. The van der Waals surface area contributed by atoms with Crippen molar-refractivity contribution in [1.82, 2.24) is 10.2 Å². The Labute approximate surface area is 111 Å². The Morgan fingerprint density at radius 2 is 2.00 bits per heavy atom. The van der Waals surface area contributed by atoms with Gasteiger partial charge in [-0.1, -0.05) is 19.8 Å². The molecule has 2 unspecified atom stereocenters. The minimum absolute atomic E-state index is 0.532. The quantitative estimate of drug-likeness (QED) is 0.814. The molecule has 0 amide bonds. The van der Waals surface area contributed by atoms with Gasteiger partial charge in [-0.3, -0.25) is 4.90 Å². The molecule has 3 nitrogen and oxygen atoms in total. The highest BCUT2D eigenvalue weighted by atomic mass is 16.5. The fourth-order valence-corrected chi connectivity index (χ4v) is 4.05. The number of piperidine rings is 1. The number of nitrogens with zero attached hydrogens (tertiary/aromatic N) is 1. The molecule has 0 aromatic carbocycles. The molecule has 18 heavy (non-hydrogen) atoms. The number of hydrogen-bond donors (Lipinski definition) is 1. The van der Waals surface area contributed by atoms with E-state index in [1.807, 2.05) is 0 Å². The summed E-state index contributed by atoms with van der Waals surface area (Å²) in [6.45, 7) is 8.30. The van der Waals surface area contributed by atoms with E-state index in [-0.39, 0.29) is 0 Å². The van der Waals surface area contributed by atoms with Gasteiger partial charge in [0, 0.05) is 19.1 Å². The molecule has 0 spiro atoms. The highest BCUT2D eigenvalue weighted by Gasteiger charge is 2.38. The van der Waals surface area contributed by atoms with Gasteiger partial charge in [0.25, 0.3) is 0 Å². The van der Waals surface area contributed by atoms with E-state index in [4.69, 9.17) is 4.74 Å². The number of nitrogens with one attached hydrogen (secondary N) is 1. The molecule has 1 aliphatic carbocycles. The Morgan fingerprint density at radius 3 is 2.83 bits per heavy atom. The molecule has 1 N–H and O–H groups in total. The van der Waals surface area contributed by atoms with Gasteiger partial charge < -0.3 is 10.1 Å². The molecule has 3 aliphatic rings. The number of morpholine rings is 1. The molecule has 2 heterocycles. The first kappa shape index (κ1) is 12.9. The maximum atomic E-state index is 5.98. The van der Waals surface area contributed by atoms with Gasteiger partial charge in [-0.15, -0.1) is 0 Å². The third-order valence-corrected chi connectivity index (χ3v) is 5.24. The lowest BCUT2D eigenvalue weighted by molar-refractivity contribution is -0.0996. The van der Waals surface area contributed by atoms with Gasteiger partial charge in [0.05, 0.1) is 12.7 Å². The maximum Gasteiger partial charge on any atom is 0.0730 e. The molecule has 2 atom stereocenters. The van der Waals surface area contributed by atoms with E-state index in [1.54, 1.807) is 0 Å². The predicted octanol–water partition coefficient (Wildman–Crippen LogP) is 2.02. The second-order valence-corrected chi connectivity index (χ2v) is 6.79. The summed E-state index contributed by atoms with van der Waals surface area (Å²) >= 11 is 0. The Morgan fingerprint density at radius 1 is 1.22 bits per heavy atom. The average molecular weight is 252 g/mol. The first-order valence-corrected chi connectivity index (χ1v) is 7.83. The topological polar surface area (TPSA) is 24.5 Å². The van der Waals surface area contributed by atoms with Gasteiger partial charge in [-0.2, -0.15) is 0 Å². The van der Waals surface area contributed by atoms with Crippen LogP contribution in [-0.2, 0) is 4.74 Å². The first-order valence-electron chi connectivity index (χ1n) is 7.83. The van der Waals surface area contributed by atoms with Crippen molar-refractivity contribution in [2.75, 3.05) is 32.8 Å². The van der Waals surface area contributed by atoms with Crippen molar-refractivity contribution in [1.29, 1.82) is 0 Å². The van der Waals surface area contributed by atoms with Crippen LogP contribution in [-0.4, -0.2) is 49.8 Å². The summed E-state index contributed by atoms with van der Waals surface area (Å²) < 4.78 is 5.98. The Balaban J connectivity index is 1.63. The van der Waals surface area contributed by atoms with Gasteiger partial charge >= 0.3 is 0 Å². The fourth-order valence-electron chi connectivity index (χ4n) is 4.05.